The minimum atomic E-state index is -0.274. The smallest absolute Gasteiger partial charge is 0.224 e. The van der Waals surface area contributed by atoms with E-state index in [1.165, 1.54) is 0 Å². The van der Waals surface area contributed by atoms with E-state index >= 15 is 0 Å². The number of carbonyl (C=O) groups excluding carboxylic acids is 1. The fourth-order valence-electron chi connectivity index (χ4n) is 3.08. The highest BCUT2D eigenvalue weighted by molar-refractivity contribution is 5.79. The predicted molar refractivity (Wildman–Crippen MR) is 112 cm³/mol. The minimum absolute atomic E-state index is 0.0655. The lowest BCUT2D eigenvalue weighted by atomic mass is 10.0. The number of rotatable bonds is 6. The second-order valence-electron chi connectivity index (χ2n) is 6.81. The summed E-state index contributed by atoms with van der Waals surface area (Å²) < 4.78 is 0. The highest BCUT2D eigenvalue weighted by atomic mass is 16.1. The van der Waals surface area contributed by atoms with E-state index in [-0.39, 0.29) is 11.9 Å². The van der Waals surface area contributed by atoms with Gasteiger partial charge in [0.25, 0.3) is 0 Å². The largest absolute Gasteiger partial charge is 0.346 e. The van der Waals surface area contributed by atoms with Crippen LogP contribution in [0.3, 0.4) is 0 Å². The molecule has 2 heterocycles. The number of nitrogens with zero attached hydrogens (tertiary/aromatic N) is 3. The third-order valence-corrected chi connectivity index (χ3v) is 4.64. The molecule has 144 valence electrons. The second-order valence-corrected chi connectivity index (χ2v) is 6.81. The van der Waals surface area contributed by atoms with E-state index < -0.39 is 0 Å². The number of aromatic amines is 1. The van der Waals surface area contributed by atoms with Crippen molar-refractivity contribution in [2.45, 2.75) is 19.4 Å². The Morgan fingerprint density at radius 1 is 0.966 bits per heavy atom. The molecule has 4 aromatic rings. The first-order valence-corrected chi connectivity index (χ1v) is 9.45. The standard InChI is InChI=1S/C23H21N5O/c1-16(22-26-23(28-27-22)20-8-5-13-24-15-20)25-21(29)14-17-9-11-19(12-10-17)18-6-3-2-4-7-18/h2-13,15-16H,14H2,1H3,(H,25,29)(H,26,27,28)/t16-/m1/s1. The molecule has 2 aromatic carbocycles. The maximum absolute atomic E-state index is 12.4. The Morgan fingerprint density at radius 2 is 1.69 bits per heavy atom. The molecule has 0 saturated heterocycles. The molecule has 0 bridgehead atoms. The fraction of sp³-hybridized carbons (Fsp3) is 0.130. The van der Waals surface area contributed by atoms with Crippen molar-refractivity contribution in [3.63, 3.8) is 0 Å². The Labute approximate surface area is 169 Å². The Balaban J connectivity index is 1.36. The Hall–Kier alpha value is -3.80. The molecule has 0 saturated carbocycles. The molecule has 0 unspecified atom stereocenters. The summed E-state index contributed by atoms with van der Waals surface area (Å²) in [5.41, 5.74) is 4.08. The molecule has 6 heteroatoms. The summed E-state index contributed by atoms with van der Waals surface area (Å²) in [5, 5.41) is 10.1. The maximum atomic E-state index is 12.4. The summed E-state index contributed by atoms with van der Waals surface area (Å²) in [6.45, 7) is 1.88. The van der Waals surface area contributed by atoms with E-state index in [1.807, 2.05) is 61.5 Å². The molecule has 0 radical (unpaired) electrons. The Kier molecular flexibility index (Phi) is 5.42. The van der Waals surface area contributed by atoms with Gasteiger partial charge in [-0.1, -0.05) is 54.6 Å². The number of hydrogen-bond acceptors (Lipinski definition) is 4. The molecule has 1 atom stereocenters. The van der Waals surface area contributed by atoms with Crippen LogP contribution in [-0.2, 0) is 11.2 Å². The van der Waals surface area contributed by atoms with Gasteiger partial charge < -0.3 is 5.32 Å². The summed E-state index contributed by atoms with van der Waals surface area (Å²) in [6.07, 6.45) is 3.71. The van der Waals surface area contributed by atoms with Gasteiger partial charge in [0.1, 0.15) is 5.82 Å². The highest BCUT2D eigenvalue weighted by Gasteiger charge is 2.15. The third-order valence-electron chi connectivity index (χ3n) is 4.64. The summed E-state index contributed by atoms with van der Waals surface area (Å²) in [6, 6.07) is 21.7. The zero-order valence-electron chi connectivity index (χ0n) is 16.0. The molecule has 29 heavy (non-hydrogen) atoms. The van der Waals surface area contributed by atoms with Gasteiger partial charge in [0, 0.05) is 18.0 Å². The normalized spacial score (nSPS) is 11.8. The number of benzene rings is 2. The van der Waals surface area contributed by atoms with Gasteiger partial charge >= 0.3 is 0 Å². The number of aromatic nitrogens is 4. The van der Waals surface area contributed by atoms with Gasteiger partial charge in [-0.2, -0.15) is 5.10 Å². The Morgan fingerprint density at radius 3 is 2.41 bits per heavy atom. The van der Waals surface area contributed by atoms with Crippen LogP contribution in [0.25, 0.3) is 22.5 Å². The molecule has 0 aliphatic carbocycles. The predicted octanol–water partition coefficient (Wildman–Crippen LogP) is 3.95. The quantitative estimate of drug-likeness (QED) is 0.528. The average Bonchev–Trinajstić information content (AvgIpc) is 3.26. The zero-order valence-corrected chi connectivity index (χ0v) is 16.0. The number of amides is 1. The molecule has 0 fully saturated rings. The number of carbonyl (C=O) groups is 1. The number of pyridine rings is 1. The van der Waals surface area contributed by atoms with Crippen molar-refractivity contribution in [2.24, 2.45) is 0 Å². The van der Waals surface area contributed by atoms with E-state index in [0.717, 1.165) is 22.3 Å². The highest BCUT2D eigenvalue weighted by Crippen LogP contribution is 2.20. The van der Waals surface area contributed by atoms with Crippen molar-refractivity contribution in [1.29, 1.82) is 0 Å². The summed E-state index contributed by atoms with van der Waals surface area (Å²) in [7, 11) is 0. The van der Waals surface area contributed by atoms with Crippen LogP contribution in [0.1, 0.15) is 24.4 Å². The average molecular weight is 383 g/mol. The SMILES string of the molecule is C[C@@H](NC(=O)Cc1ccc(-c2ccccc2)cc1)c1nc(-c2cccnc2)n[nH]1. The van der Waals surface area contributed by atoms with Gasteiger partial charge in [-0.25, -0.2) is 4.98 Å². The van der Waals surface area contributed by atoms with Crippen molar-refractivity contribution in [3.05, 3.63) is 90.5 Å². The van der Waals surface area contributed by atoms with Gasteiger partial charge in [0.2, 0.25) is 5.91 Å². The molecule has 0 aliphatic heterocycles. The molecule has 2 N–H and O–H groups in total. The summed E-state index contributed by atoms with van der Waals surface area (Å²) >= 11 is 0. The third kappa shape index (κ3) is 4.55. The molecular formula is C23H21N5O. The minimum Gasteiger partial charge on any atom is -0.346 e. The molecule has 0 aliphatic rings. The monoisotopic (exact) mass is 383 g/mol. The van der Waals surface area contributed by atoms with E-state index in [2.05, 4.69) is 37.6 Å². The van der Waals surface area contributed by atoms with Crippen LogP contribution >= 0.6 is 0 Å². The van der Waals surface area contributed by atoms with Crippen LogP contribution < -0.4 is 5.32 Å². The van der Waals surface area contributed by atoms with E-state index in [0.29, 0.717) is 18.1 Å². The first-order valence-electron chi connectivity index (χ1n) is 9.45. The van der Waals surface area contributed by atoms with Crippen LogP contribution in [-0.4, -0.2) is 26.1 Å². The van der Waals surface area contributed by atoms with Crippen molar-refractivity contribution in [2.75, 3.05) is 0 Å². The molecule has 4 rings (SSSR count). The second kappa shape index (κ2) is 8.48. The first kappa shape index (κ1) is 18.6. The topological polar surface area (TPSA) is 83.6 Å². The van der Waals surface area contributed by atoms with Gasteiger partial charge in [-0.05, 0) is 35.7 Å². The van der Waals surface area contributed by atoms with Crippen molar-refractivity contribution in [3.8, 4) is 22.5 Å². The first-order chi connectivity index (χ1) is 14.2. The maximum Gasteiger partial charge on any atom is 0.224 e. The van der Waals surface area contributed by atoms with Gasteiger partial charge in [0.05, 0.1) is 12.5 Å². The number of H-pyrrole nitrogens is 1. The number of nitrogens with one attached hydrogen (secondary N) is 2. The molecular weight excluding hydrogens is 362 g/mol. The zero-order chi connectivity index (χ0) is 20.1. The van der Waals surface area contributed by atoms with Crippen LogP contribution in [0.4, 0.5) is 0 Å². The fourth-order valence-corrected chi connectivity index (χ4v) is 3.08. The van der Waals surface area contributed by atoms with Gasteiger partial charge in [-0.3, -0.25) is 14.9 Å². The van der Waals surface area contributed by atoms with E-state index in [4.69, 9.17) is 0 Å². The van der Waals surface area contributed by atoms with Crippen molar-refractivity contribution >= 4 is 5.91 Å². The summed E-state index contributed by atoms with van der Waals surface area (Å²) in [5.74, 6) is 1.10. The molecule has 2 aromatic heterocycles. The van der Waals surface area contributed by atoms with Gasteiger partial charge in [0.15, 0.2) is 5.82 Å². The lowest BCUT2D eigenvalue weighted by Crippen LogP contribution is -2.28. The Bertz CT molecular complexity index is 1080. The van der Waals surface area contributed by atoms with Crippen molar-refractivity contribution < 1.29 is 4.79 Å². The van der Waals surface area contributed by atoms with E-state index in [9.17, 15) is 4.79 Å². The van der Waals surface area contributed by atoms with Gasteiger partial charge in [-0.15, -0.1) is 0 Å². The van der Waals surface area contributed by atoms with E-state index in [1.54, 1.807) is 12.4 Å². The lowest BCUT2D eigenvalue weighted by molar-refractivity contribution is -0.121. The lowest BCUT2D eigenvalue weighted by Gasteiger charge is -2.11. The van der Waals surface area contributed by atoms with Crippen molar-refractivity contribution in [1.82, 2.24) is 25.5 Å². The van der Waals surface area contributed by atoms with Crippen LogP contribution in [0.2, 0.25) is 0 Å². The van der Waals surface area contributed by atoms with Crippen LogP contribution in [0.5, 0.6) is 0 Å². The van der Waals surface area contributed by atoms with Crippen LogP contribution in [0, 0.1) is 0 Å². The molecule has 1 amide bonds. The number of hydrogen-bond donors (Lipinski definition) is 2. The van der Waals surface area contributed by atoms with Crippen LogP contribution in [0.15, 0.2) is 79.1 Å². The summed E-state index contributed by atoms with van der Waals surface area (Å²) in [4.78, 5) is 21.0. The molecule has 0 spiro atoms. The molecule has 6 nitrogen and oxygen atoms in total.